The van der Waals surface area contributed by atoms with Gasteiger partial charge in [0.15, 0.2) is 5.60 Å². The second-order valence-electron chi connectivity index (χ2n) is 10.9. The highest BCUT2D eigenvalue weighted by molar-refractivity contribution is 5.85. The summed E-state index contributed by atoms with van der Waals surface area (Å²) in [6.07, 6.45) is 1.38. The molecule has 0 aromatic heterocycles. The Labute approximate surface area is 214 Å². The summed E-state index contributed by atoms with van der Waals surface area (Å²) < 4.78 is 16.8. The number of carbonyl (C=O) groups excluding carboxylic acids is 3. The first-order valence-electron chi connectivity index (χ1n) is 12.9. The van der Waals surface area contributed by atoms with E-state index in [1.54, 1.807) is 23.6 Å². The number of hydrogen-bond acceptors (Lipinski definition) is 7. The minimum atomic E-state index is -1.08. The summed E-state index contributed by atoms with van der Waals surface area (Å²) in [6, 6.07) is 7.65. The van der Waals surface area contributed by atoms with E-state index >= 15 is 0 Å². The number of amides is 2. The summed E-state index contributed by atoms with van der Waals surface area (Å²) in [5.41, 5.74) is -0.680. The molecule has 1 atom stereocenters. The lowest BCUT2D eigenvalue weighted by Crippen LogP contribution is -2.57. The molecular weight excluding hydrogens is 462 g/mol. The van der Waals surface area contributed by atoms with Gasteiger partial charge >= 0.3 is 12.1 Å². The van der Waals surface area contributed by atoms with Crippen LogP contribution in [0.5, 0.6) is 5.75 Å². The minimum Gasteiger partial charge on any atom is -0.478 e. The van der Waals surface area contributed by atoms with Gasteiger partial charge < -0.3 is 28.9 Å². The van der Waals surface area contributed by atoms with Crippen LogP contribution >= 0.6 is 0 Å². The van der Waals surface area contributed by atoms with Crippen molar-refractivity contribution in [3.05, 3.63) is 24.3 Å². The van der Waals surface area contributed by atoms with E-state index in [9.17, 15) is 14.4 Å². The maximum atomic E-state index is 13.3. The minimum absolute atomic E-state index is 0.128. The number of benzene rings is 1. The van der Waals surface area contributed by atoms with Crippen LogP contribution in [-0.2, 0) is 19.1 Å². The first kappa shape index (κ1) is 27.6. The second-order valence-corrected chi connectivity index (χ2v) is 10.9. The van der Waals surface area contributed by atoms with Gasteiger partial charge in [0.2, 0.25) is 0 Å². The fourth-order valence-electron chi connectivity index (χ4n) is 4.55. The molecule has 2 fully saturated rings. The van der Waals surface area contributed by atoms with Gasteiger partial charge in [-0.25, -0.2) is 4.79 Å². The molecule has 0 aliphatic carbocycles. The third kappa shape index (κ3) is 7.27. The molecule has 0 bridgehead atoms. The predicted molar refractivity (Wildman–Crippen MR) is 137 cm³/mol. The molecular formula is C27H41N3O6. The Kier molecular flexibility index (Phi) is 8.74. The molecule has 2 heterocycles. The second kappa shape index (κ2) is 11.4. The first-order valence-corrected chi connectivity index (χ1v) is 12.9. The monoisotopic (exact) mass is 503 g/mol. The van der Waals surface area contributed by atoms with E-state index in [1.165, 1.54) is 0 Å². The number of anilines is 1. The van der Waals surface area contributed by atoms with Crippen molar-refractivity contribution in [3.8, 4) is 5.75 Å². The summed E-state index contributed by atoms with van der Waals surface area (Å²) in [4.78, 5) is 43.4. The summed E-state index contributed by atoms with van der Waals surface area (Å²) in [5.74, 6) is 0.183. The van der Waals surface area contributed by atoms with Crippen LogP contribution in [0.1, 0.15) is 54.4 Å². The predicted octanol–water partition coefficient (Wildman–Crippen LogP) is 3.70. The van der Waals surface area contributed by atoms with Crippen molar-refractivity contribution >= 4 is 23.7 Å². The molecule has 0 spiro atoms. The topological polar surface area (TPSA) is 88.6 Å². The highest BCUT2D eigenvalue weighted by atomic mass is 16.6. The van der Waals surface area contributed by atoms with Crippen LogP contribution in [0.4, 0.5) is 10.5 Å². The molecule has 1 aromatic carbocycles. The lowest BCUT2D eigenvalue weighted by Gasteiger charge is -2.39. The maximum absolute atomic E-state index is 13.3. The lowest BCUT2D eigenvalue weighted by molar-refractivity contribution is -0.148. The van der Waals surface area contributed by atoms with Gasteiger partial charge in [-0.3, -0.25) is 9.59 Å². The normalized spacial score (nSPS) is 19.1. The van der Waals surface area contributed by atoms with Crippen LogP contribution in [-0.4, -0.2) is 84.8 Å². The summed E-state index contributed by atoms with van der Waals surface area (Å²) in [5, 5.41) is 0. The lowest BCUT2D eigenvalue weighted by atomic mass is 9.97. The molecule has 3 rings (SSSR count). The van der Waals surface area contributed by atoms with Gasteiger partial charge in [0.05, 0.1) is 12.5 Å². The molecule has 0 N–H and O–H groups in total. The number of piperazine rings is 1. The highest BCUT2D eigenvalue weighted by Gasteiger charge is 2.37. The van der Waals surface area contributed by atoms with Crippen LogP contribution in [0.3, 0.4) is 0 Å². The van der Waals surface area contributed by atoms with Crippen molar-refractivity contribution < 1.29 is 28.6 Å². The average Bonchev–Trinajstić information content (AvgIpc) is 2.83. The Morgan fingerprint density at radius 1 is 0.972 bits per heavy atom. The molecule has 2 aliphatic rings. The first-order chi connectivity index (χ1) is 16.9. The smallest absolute Gasteiger partial charge is 0.410 e. The van der Waals surface area contributed by atoms with Crippen molar-refractivity contribution in [1.82, 2.24) is 9.80 Å². The quantitative estimate of drug-likeness (QED) is 0.547. The Hall–Kier alpha value is -2.97. The molecule has 36 heavy (non-hydrogen) atoms. The molecule has 0 unspecified atom stereocenters. The van der Waals surface area contributed by atoms with Crippen molar-refractivity contribution in [1.29, 1.82) is 0 Å². The third-order valence-corrected chi connectivity index (χ3v) is 6.33. The Morgan fingerprint density at radius 2 is 1.64 bits per heavy atom. The number of esters is 1. The summed E-state index contributed by atoms with van der Waals surface area (Å²) in [6.45, 7) is 14.4. The van der Waals surface area contributed by atoms with Gasteiger partial charge in [-0.1, -0.05) is 6.07 Å². The Balaban J connectivity index is 1.59. The molecule has 1 aromatic rings. The van der Waals surface area contributed by atoms with E-state index in [4.69, 9.17) is 14.2 Å². The van der Waals surface area contributed by atoms with E-state index in [0.29, 0.717) is 45.1 Å². The van der Waals surface area contributed by atoms with Crippen LogP contribution in [0.15, 0.2) is 24.3 Å². The largest absolute Gasteiger partial charge is 0.478 e. The molecule has 200 valence electrons. The zero-order valence-corrected chi connectivity index (χ0v) is 22.5. The van der Waals surface area contributed by atoms with Crippen molar-refractivity contribution in [2.75, 3.05) is 50.8 Å². The highest BCUT2D eigenvalue weighted by Crippen LogP contribution is 2.29. The standard InChI is InChI=1S/C27H41N3O6/c1-7-34-23(31)20-10-9-13-30(19-20)21-11-8-12-22(18-21)35-27(5,6)24(32)28-14-16-29(17-15-28)25(33)36-26(2,3)4/h8,11-12,18,20H,7,9-10,13-17,19H2,1-6H3/t20-/m0/s1. The van der Waals surface area contributed by atoms with E-state index in [2.05, 4.69) is 4.90 Å². The van der Waals surface area contributed by atoms with Crippen molar-refractivity contribution in [3.63, 3.8) is 0 Å². The van der Waals surface area contributed by atoms with Crippen LogP contribution in [0, 0.1) is 5.92 Å². The van der Waals surface area contributed by atoms with Gasteiger partial charge in [-0.05, 0) is 66.5 Å². The number of nitrogens with zero attached hydrogens (tertiary/aromatic N) is 3. The van der Waals surface area contributed by atoms with Crippen LogP contribution in [0.2, 0.25) is 0 Å². The molecule has 2 saturated heterocycles. The fourth-order valence-corrected chi connectivity index (χ4v) is 4.55. The number of rotatable bonds is 6. The SMILES string of the molecule is CCOC(=O)[C@H]1CCCN(c2cccc(OC(C)(C)C(=O)N3CCN(C(=O)OC(C)(C)C)CC3)c2)C1. The zero-order chi connectivity index (χ0) is 26.5. The molecule has 9 heteroatoms. The fraction of sp³-hybridized carbons (Fsp3) is 0.667. The molecule has 2 aliphatic heterocycles. The summed E-state index contributed by atoms with van der Waals surface area (Å²) in [7, 11) is 0. The van der Waals surface area contributed by atoms with Gasteiger partial charge in [0.25, 0.3) is 5.91 Å². The number of hydrogen-bond donors (Lipinski definition) is 0. The van der Waals surface area contributed by atoms with Crippen LogP contribution in [0.25, 0.3) is 0 Å². The van der Waals surface area contributed by atoms with Crippen molar-refractivity contribution in [2.24, 2.45) is 5.92 Å². The van der Waals surface area contributed by atoms with E-state index in [0.717, 1.165) is 25.1 Å². The molecule has 0 radical (unpaired) electrons. The van der Waals surface area contributed by atoms with Gasteiger partial charge in [-0.2, -0.15) is 0 Å². The van der Waals surface area contributed by atoms with Gasteiger partial charge in [-0.15, -0.1) is 0 Å². The molecule has 0 saturated carbocycles. The molecule has 2 amide bonds. The third-order valence-electron chi connectivity index (χ3n) is 6.33. The van der Waals surface area contributed by atoms with Crippen molar-refractivity contribution in [2.45, 2.75) is 65.6 Å². The average molecular weight is 504 g/mol. The van der Waals surface area contributed by atoms with E-state index < -0.39 is 11.2 Å². The number of piperidine rings is 1. The zero-order valence-electron chi connectivity index (χ0n) is 22.5. The van der Waals surface area contributed by atoms with Gasteiger partial charge in [0, 0.05) is 51.0 Å². The molecule has 9 nitrogen and oxygen atoms in total. The Morgan fingerprint density at radius 3 is 2.28 bits per heavy atom. The number of carbonyl (C=O) groups is 3. The maximum Gasteiger partial charge on any atom is 0.410 e. The van der Waals surface area contributed by atoms with Crippen LogP contribution < -0.4 is 9.64 Å². The summed E-state index contributed by atoms with van der Waals surface area (Å²) >= 11 is 0. The number of ether oxygens (including phenoxy) is 3. The Bertz CT molecular complexity index is 934. The van der Waals surface area contributed by atoms with E-state index in [-0.39, 0.29) is 23.9 Å². The van der Waals surface area contributed by atoms with E-state index in [1.807, 2.05) is 52.0 Å². The van der Waals surface area contributed by atoms with Gasteiger partial charge in [0.1, 0.15) is 11.4 Å².